The first-order valence-electron chi connectivity index (χ1n) is 6.40. The number of nitrogens with one attached hydrogen (secondary N) is 2. The maximum absolute atomic E-state index is 12.3. The zero-order valence-corrected chi connectivity index (χ0v) is 11.1. The number of amides is 1. The highest BCUT2D eigenvalue weighted by Crippen LogP contribution is 2.25. The van der Waals surface area contributed by atoms with Gasteiger partial charge in [-0.1, -0.05) is 6.07 Å². The Morgan fingerprint density at radius 1 is 1.50 bits per heavy atom. The van der Waals surface area contributed by atoms with Crippen molar-refractivity contribution in [1.29, 1.82) is 0 Å². The number of benzene rings is 1. The number of rotatable bonds is 2. The van der Waals surface area contributed by atoms with E-state index in [2.05, 4.69) is 15.5 Å². The van der Waals surface area contributed by atoms with E-state index in [0.29, 0.717) is 24.6 Å². The first kappa shape index (κ1) is 12.7. The highest BCUT2D eigenvalue weighted by Gasteiger charge is 2.22. The number of carbonyl (C=O) groups excluding carboxylic acids is 1. The summed E-state index contributed by atoms with van der Waals surface area (Å²) in [6.07, 6.45) is 0.727. The summed E-state index contributed by atoms with van der Waals surface area (Å²) in [5, 5.41) is 19.3. The van der Waals surface area contributed by atoms with Crippen molar-refractivity contribution in [3.8, 4) is 5.75 Å². The summed E-state index contributed by atoms with van der Waals surface area (Å²) < 4.78 is 5.35. The molecule has 1 aliphatic heterocycles. The van der Waals surface area contributed by atoms with Crippen LogP contribution in [0, 0.1) is 6.92 Å². The Balaban J connectivity index is 1.86. The largest absolute Gasteiger partial charge is 0.506 e. The molecule has 0 saturated heterocycles. The predicted octanol–water partition coefficient (Wildman–Crippen LogP) is 1.75. The van der Waals surface area contributed by atoms with E-state index in [1.54, 1.807) is 18.2 Å². The second-order valence-electron chi connectivity index (χ2n) is 4.81. The van der Waals surface area contributed by atoms with Gasteiger partial charge < -0.3 is 15.2 Å². The summed E-state index contributed by atoms with van der Waals surface area (Å²) >= 11 is 0. The minimum Gasteiger partial charge on any atom is -0.506 e. The van der Waals surface area contributed by atoms with Crippen LogP contribution in [0.5, 0.6) is 5.75 Å². The molecule has 0 spiro atoms. The van der Waals surface area contributed by atoms with Crippen LogP contribution < -0.4 is 5.32 Å². The van der Waals surface area contributed by atoms with Crippen LogP contribution in [-0.4, -0.2) is 27.8 Å². The lowest BCUT2D eigenvalue weighted by Crippen LogP contribution is -2.17. The summed E-state index contributed by atoms with van der Waals surface area (Å²) in [4.78, 5) is 12.3. The van der Waals surface area contributed by atoms with Crippen molar-refractivity contribution in [3.63, 3.8) is 0 Å². The molecule has 1 amide bonds. The fourth-order valence-corrected chi connectivity index (χ4v) is 2.23. The number of nitrogens with zero attached hydrogens (tertiary/aromatic N) is 1. The smallest absolute Gasteiger partial charge is 0.276 e. The van der Waals surface area contributed by atoms with Gasteiger partial charge in [0.15, 0.2) is 5.69 Å². The highest BCUT2D eigenvalue weighted by atomic mass is 16.5. The zero-order chi connectivity index (χ0) is 14.1. The van der Waals surface area contributed by atoms with Crippen LogP contribution in [0.1, 0.15) is 27.3 Å². The number of H-pyrrole nitrogens is 1. The molecule has 1 aromatic heterocycles. The van der Waals surface area contributed by atoms with Crippen LogP contribution in [0.2, 0.25) is 0 Å². The van der Waals surface area contributed by atoms with Gasteiger partial charge in [0.05, 0.1) is 18.9 Å². The number of anilines is 1. The summed E-state index contributed by atoms with van der Waals surface area (Å²) in [5.74, 6) is -0.321. The normalized spacial score (nSPS) is 13.8. The molecule has 6 nitrogen and oxygen atoms in total. The number of fused-ring (bicyclic) bond motifs is 1. The minimum absolute atomic E-state index is 0.0320. The third-order valence-electron chi connectivity index (χ3n) is 3.31. The second-order valence-corrected chi connectivity index (χ2v) is 4.81. The molecule has 0 unspecified atom stereocenters. The van der Waals surface area contributed by atoms with Crippen LogP contribution in [0.3, 0.4) is 0 Å². The Morgan fingerprint density at radius 2 is 2.35 bits per heavy atom. The third kappa shape index (κ3) is 2.25. The molecule has 20 heavy (non-hydrogen) atoms. The molecule has 1 aromatic carbocycles. The maximum atomic E-state index is 12.3. The molecule has 0 radical (unpaired) electrons. The fourth-order valence-electron chi connectivity index (χ4n) is 2.23. The average molecular weight is 273 g/mol. The Labute approximate surface area is 115 Å². The van der Waals surface area contributed by atoms with Crippen molar-refractivity contribution >= 4 is 11.6 Å². The summed E-state index contributed by atoms with van der Waals surface area (Å²) in [6, 6.07) is 5.03. The lowest BCUT2D eigenvalue weighted by atomic mass is 10.1. The Hall–Kier alpha value is -2.34. The third-order valence-corrected chi connectivity index (χ3v) is 3.31. The van der Waals surface area contributed by atoms with E-state index in [0.717, 1.165) is 23.2 Å². The van der Waals surface area contributed by atoms with E-state index >= 15 is 0 Å². The molecule has 0 saturated carbocycles. The molecule has 2 aromatic rings. The van der Waals surface area contributed by atoms with E-state index in [-0.39, 0.29) is 11.7 Å². The van der Waals surface area contributed by atoms with Crippen molar-refractivity contribution in [2.75, 3.05) is 11.9 Å². The van der Waals surface area contributed by atoms with Gasteiger partial charge in [-0.15, -0.1) is 0 Å². The maximum Gasteiger partial charge on any atom is 0.276 e. The van der Waals surface area contributed by atoms with Gasteiger partial charge in [0.1, 0.15) is 5.75 Å². The van der Waals surface area contributed by atoms with Crippen molar-refractivity contribution in [2.45, 2.75) is 20.0 Å². The first-order chi connectivity index (χ1) is 9.65. The highest BCUT2D eigenvalue weighted by molar-refractivity contribution is 6.04. The quantitative estimate of drug-likeness (QED) is 0.727. The number of carbonyl (C=O) groups is 1. The standard InChI is InChI=1S/C14H15N3O3/c1-8-2-3-12(18)11(6-8)15-14(19)13-9-7-20-5-4-10(9)16-17-13/h2-3,6,18H,4-5,7H2,1H3,(H,15,19)(H,16,17). The van der Waals surface area contributed by atoms with Gasteiger partial charge in [0.2, 0.25) is 0 Å². The number of phenolic OH excluding ortho intramolecular Hbond substituents is 1. The average Bonchev–Trinajstić information content (AvgIpc) is 2.87. The first-order valence-corrected chi connectivity index (χ1v) is 6.40. The van der Waals surface area contributed by atoms with E-state index in [1.165, 1.54) is 0 Å². The molecule has 3 N–H and O–H groups in total. The van der Waals surface area contributed by atoms with Crippen LogP contribution in [0.25, 0.3) is 0 Å². The molecule has 3 rings (SSSR count). The number of phenols is 1. The Bertz CT molecular complexity index is 664. The van der Waals surface area contributed by atoms with E-state index < -0.39 is 0 Å². The lowest BCUT2D eigenvalue weighted by molar-refractivity contribution is 0.0984. The van der Waals surface area contributed by atoms with Crippen LogP contribution in [-0.2, 0) is 17.8 Å². The van der Waals surface area contributed by atoms with Gasteiger partial charge >= 0.3 is 0 Å². The number of hydrogen-bond acceptors (Lipinski definition) is 4. The minimum atomic E-state index is -0.353. The monoisotopic (exact) mass is 273 g/mol. The van der Waals surface area contributed by atoms with Gasteiger partial charge in [0.25, 0.3) is 5.91 Å². The summed E-state index contributed by atoms with van der Waals surface area (Å²) in [5.41, 5.74) is 3.38. The molecular formula is C14H15N3O3. The van der Waals surface area contributed by atoms with Crippen molar-refractivity contribution in [3.05, 3.63) is 40.7 Å². The Morgan fingerprint density at radius 3 is 3.20 bits per heavy atom. The number of aromatic amines is 1. The summed E-state index contributed by atoms with van der Waals surface area (Å²) in [6.45, 7) is 2.91. The number of aromatic hydroxyl groups is 1. The van der Waals surface area contributed by atoms with Crippen LogP contribution in [0.15, 0.2) is 18.2 Å². The molecule has 0 fully saturated rings. The molecular weight excluding hydrogens is 258 g/mol. The molecule has 0 bridgehead atoms. The van der Waals surface area contributed by atoms with Crippen molar-refractivity contribution in [1.82, 2.24) is 10.2 Å². The van der Waals surface area contributed by atoms with Gasteiger partial charge in [0, 0.05) is 17.7 Å². The van der Waals surface area contributed by atoms with Gasteiger partial charge in [-0.3, -0.25) is 9.89 Å². The molecule has 0 atom stereocenters. The van der Waals surface area contributed by atoms with Crippen LogP contribution in [0.4, 0.5) is 5.69 Å². The molecule has 1 aliphatic rings. The SMILES string of the molecule is Cc1ccc(O)c(NC(=O)c2n[nH]c3c2COCC3)c1. The number of hydrogen-bond donors (Lipinski definition) is 3. The fraction of sp³-hybridized carbons (Fsp3) is 0.286. The lowest BCUT2D eigenvalue weighted by Gasteiger charge is -2.12. The predicted molar refractivity (Wildman–Crippen MR) is 72.7 cm³/mol. The van der Waals surface area contributed by atoms with Gasteiger partial charge in [-0.2, -0.15) is 5.10 Å². The van der Waals surface area contributed by atoms with E-state index in [4.69, 9.17) is 4.74 Å². The molecule has 0 aliphatic carbocycles. The summed E-state index contributed by atoms with van der Waals surface area (Å²) in [7, 11) is 0. The van der Waals surface area contributed by atoms with Gasteiger partial charge in [-0.25, -0.2) is 0 Å². The van der Waals surface area contributed by atoms with Crippen molar-refractivity contribution < 1.29 is 14.6 Å². The topological polar surface area (TPSA) is 87.2 Å². The zero-order valence-electron chi connectivity index (χ0n) is 11.1. The molecule has 6 heteroatoms. The number of ether oxygens (including phenoxy) is 1. The number of aryl methyl sites for hydroxylation is 1. The molecule has 104 valence electrons. The van der Waals surface area contributed by atoms with E-state index in [1.807, 2.05) is 6.92 Å². The van der Waals surface area contributed by atoms with Gasteiger partial charge in [-0.05, 0) is 24.6 Å². The Kier molecular flexibility index (Phi) is 3.15. The van der Waals surface area contributed by atoms with Crippen molar-refractivity contribution in [2.24, 2.45) is 0 Å². The molecule has 2 heterocycles. The number of aromatic nitrogens is 2. The second kappa shape index (κ2) is 4.97. The van der Waals surface area contributed by atoms with Crippen LogP contribution >= 0.6 is 0 Å². The van der Waals surface area contributed by atoms with E-state index in [9.17, 15) is 9.90 Å².